The minimum Gasteiger partial charge on any atom is -0.497 e. The summed E-state index contributed by atoms with van der Waals surface area (Å²) in [5.74, 6) is 0.544. The molecule has 0 saturated carbocycles. The second kappa shape index (κ2) is 5.24. The van der Waals surface area contributed by atoms with Crippen LogP contribution in [0.15, 0.2) is 24.3 Å². The van der Waals surface area contributed by atoms with Crippen LogP contribution in [0.3, 0.4) is 0 Å². The molecule has 0 aliphatic heterocycles. The monoisotopic (exact) mass is 195 g/mol. The van der Waals surface area contributed by atoms with Crippen LogP contribution < -0.4 is 10.1 Å². The van der Waals surface area contributed by atoms with Crippen molar-refractivity contribution in [3.63, 3.8) is 0 Å². The number of carbonyl (C=O) groups excluding carboxylic acids is 1. The lowest BCUT2D eigenvalue weighted by atomic mass is 10.3. The van der Waals surface area contributed by atoms with Crippen LogP contribution in [0.25, 0.3) is 0 Å². The molecule has 0 bridgehead atoms. The van der Waals surface area contributed by atoms with Gasteiger partial charge in [0.1, 0.15) is 5.75 Å². The molecule has 0 fully saturated rings. The second-order valence-corrected chi connectivity index (χ2v) is 2.75. The molecule has 0 saturated heterocycles. The molecule has 14 heavy (non-hydrogen) atoms. The van der Waals surface area contributed by atoms with E-state index in [-0.39, 0.29) is 18.9 Å². The van der Waals surface area contributed by atoms with E-state index in [1.165, 1.54) is 0 Å². The summed E-state index contributed by atoms with van der Waals surface area (Å²) in [6.07, 6.45) is 0.117. The molecular weight excluding hydrogens is 182 g/mol. The molecule has 0 radical (unpaired) electrons. The Bertz CT molecular complexity index is 295. The van der Waals surface area contributed by atoms with Crippen molar-refractivity contribution < 1.29 is 14.6 Å². The fourth-order valence-electron chi connectivity index (χ4n) is 0.999. The number of hydrogen-bond acceptors (Lipinski definition) is 3. The highest BCUT2D eigenvalue weighted by molar-refractivity contribution is 5.90. The van der Waals surface area contributed by atoms with E-state index in [4.69, 9.17) is 9.84 Å². The Morgan fingerprint density at radius 3 is 2.57 bits per heavy atom. The van der Waals surface area contributed by atoms with Gasteiger partial charge in [0.2, 0.25) is 5.91 Å². The maximum Gasteiger partial charge on any atom is 0.226 e. The van der Waals surface area contributed by atoms with E-state index in [0.29, 0.717) is 5.69 Å². The molecule has 0 spiro atoms. The minimum atomic E-state index is -0.197. The minimum absolute atomic E-state index is 0.117. The predicted molar refractivity (Wildman–Crippen MR) is 53.3 cm³/mol. The lowest BCUT2D eigenvalue weighted by Crippen LogP contribution is -2.12. The van der Waals surface area contributed by atoms with Crippen LogP contribution in [0.2, 0.25) is 0 Å². The van der Waals surface area contributed by atoms with Crippen molar-refractivity contribution in [3.05, 3.63) is 24.3 Å². The molecule has 0 unspecified atom stereocenters. The molecule has 4 nitrogen and oxygen atoms in total. The smallest absolute Gasteiger partial charge is 0.226 e. The van der Waals surface area contributed by atoms with Gasteiger partial charge in [-0.3, -0.25) is 4.79 Å². The third kappa shape index (κ3) is 3.06. The van der Waals surface area contributed by atoms with Crippen LogP contribution in [-0.2, 0) is 4.79 Å². The molecule has 2 N–H and O–H groups in total. The maximum atomic E-state index is 11.1. The van der Waals surface area contributed by atoms with E-state index < -0.39 is 0 Å². The number of benzene rings is 1. The number of aliphatic hydroxyl groups is 1. The molecule has 0 heterocycles. The van der Waals surface area contributed by atoms with Crippen molar-refractivity contribution in [2.45, 2.75) is 6.42 Å². The largest absolute Gasteiger partial charge is 0.497 e. The molecule has 76 valence electrons. The van der Waals surface area contributed by atoms with E-state index in [9.17, 15) is 4.79 Å². The summed E-state index contributed by atoms with van der Waals surface area (Å²) >= 11 is 0. The van der Waals surface area contributed by atoms with Gasteiger partial charge in [-0.1, -0.05) is 0 Å². The Kier molecular flexibility index (Phi) is 3.94. The molecule has 0 aromatic heterocycles. The molecule has 4 heteroatoms. The van der Waals surface area contributed by atoms with Crippen molar-refractivity contribution >= 4 is 11.6 Å². The Labute approximate surface area is 82.5 Å². The maximum absolute atomic E-state index is 11.1. The van der Waals surface area contributed by atoms with Crippen LogP contribution in [-0.4, -0.2) is 24.7 Å². The summed E-state index contributed by atoms with van der Waals surface area (Å²) in [6.45, 7) is -0.137. The molecule has 0 aliphatic rings. The standard InChI is InChI=1S/C10H13NO3/c1-14-9-4-2-8(3-5-9)11-10(13)6-7-12/h2-5,12H,6-7H2,1H3,(H,11,13). The number of carbonyl (C=O) groups is 1. The quantitative estimate of drug-likeness (QED) is 0.754. The number of amides is 1. The number of hydrogen-bond donors (Lipinski definition) is 2. The van der Waals surface area contributed by atoms with Gasteiger partial charge in [0, 0.05) is 5.69 Å². The van der Waals surface area contributed by atoms with Gasteiger partial charge in [-0.2, -0.15) is 0 Å². The van der Waals surface area contributed by atoms with Crippen LogP contribution in [0.1, 0.15) is 6.42 Å². The average molecular weight is 195 g/mol. The van der Waals surface area contributed by atoms with E-state index in [1.807, 2.05) is 0 Å². The van der Waals surface area contributed by atoms with Gasteiger partial charge in [-0.15, -0.1) is 0 Å². The van der Waals surface area contributed by atoms with Gasteiger partial charge in [0.05, 0.1) is 20.1 Å². The van der Waals surface area contributed by atoms with Gasteiger partial charge < -0.3 is 15.2 Å². The highest BCUT2D eigenvalue weighted by atomic mass is 16.5. The summed E-state index contributed by atoms with van der Waals surface area (Å²) in [6, 6.07) is 7.01. The first-order valence-corrected chi connectivity index (χ1v) is 4.31. The Balaban J connectivity index is 2.55. The molecule has 1 amide bonds. The summed E-state index contributed by atoms with van der Waals surface area (Å²) in [5.41, 5.74) is 0.698. The molecule has 0 atom stereocenters. The van der Waals surface area contributed by atoms with Gasteiger partial charge in [-0.25, -0.2) is 0 Å². The zero-order chi connectivity index (χ0) is 10.4. The lowest BCUT2D eigenvalue weighted by molar-refractivity contribution is -0.116. The van der Waals surface area contributed by atoms with Gasteiger partial charge in [0.25, 0.3) is 0 Å². The molecule has 1 aromatic carbocycles. The Morgan fingerprint density at radius 1 is 1.43 bits per heavy atom. The third-order valence-electron chi connectivity index (χ3n) is 1.71. The molecule has 1 rings (SSSR count). The molecule has 0 aliphatic carbocycles. The molecular formula is C10H13NO3. The highest BCUT2D eigenvalue weighted by Gasteiger charge is 2.00. The average Bonchev–Trinajstić information content (AvgIpc) is 2.19. The SMILES string of the molecule is COc1ccc(NC(=O)CCO)cc1. The Morgan fingerprint density at radius 2 is 2.07 bits per heavy atom. The van der Waals surface area contributed by atoms with Gasteiger partial charge >= 0.3 is 0 Å². The van der Waals surface area contributed by atoms with Crippen molar-refractivity contribution in [1.29, 1.82) is 0 Å². The van der Waals surface area contributed by atoms with Crippen molar-refractivity contribution in [2.75, 3.05) is 19.0 Å². The first-order valence-electron chi connectivity index (χ1n) is 4.31. The van der Waals surface area contributed by atoms with E-state index in [0.717, 1.165) is 5.75 Å². The second-order valence-electron chi connectivity index (χ2n) is 2.75. The highest BCUT2D eigenvalue weighted by Crippen LogP contribution is 2.14. The first-order chi connectivity index (χ1) is 6.76. The van der Waals surface area contributed by atoms with E-state index in [2.05, 4.69) is 5.32 Å². The number of ether oxygens (including phenoxy) is 1. The zero-order valence-electron chi connectivity index (χ0n) is 7.99. The number of nitrogens with one attached hydrogen (secondary N) is 1. The normalized spacial score (nSPS) is 9.57. The number of methoxy groups -OCH3 is 1. The van der Waals surface area contributed by atoms with Gasteiger partial charge in [-0.05, 0) is 24.3 Å². The van der Waals surface area contributed by atoms with Crippen molar-refractivity contribution in [1.82, 2.24) is 0 Å². The Hall–Kier alpha value is -1.55. The summed E-state index contributed by atoms with van der Waals surface area (Å²) in [5, 5.41) is 11.2. The van der Waals surface area contributed by atoms with Crippen molar-refractivity contribution in [3.8, 4) is 5.75 Å². The van der Waals surface area contributed by atoms with Crippen LogP contribution in [0.5, 0.6) is 5.75 Å². The van der Waals surface area contributed by atoms with E-state index in [1.54, 1.807) is 31.4 Å². The lowest BCUT2D eigenvalue weighted by Gasteiger charge is -2.04. The van der Waals surface area contributed by atoms with Crippen LogP contribution in [0.4, 0.5) is 5.69 Å². The van der Waals surface area contributed by atoms with Crippen LogP contribution >= 0.6 is 0 Å². The van der Waals surface area contributed by atoms with Crippen LogP contribution in [0, 0.1) is 0 Å². The third-order valence-corrected chi connectivity index (χ3v) is 1.71. The van der Waals surface area contributed by atoms with E-state index >= 15 is 0 Å². The summed E-state index contributed by atoms with van der Waals surface area (Å²) in [4.78, 5) is 11.1. The fraction of sp³-hybridized carbons (Fsp3) is 0.300. The zero-order valence-corrected chi connectivity index (χ0v) is 7.99. The summed E-state index contributed by atoms with van der Waals surface area (Å²) < 4.78 is 4.97. The predicted octanol–water partition coefficient (Wildman–Crippen LogP) is 1.02. The van der Waals surface area contributed by atoms with Gasteiger partial charge in [0.15, 0.2) is 0 Å². The fourth-order valence-corrected chi connectivity index (χ4v) is 0.999. The van der Waals surface area contributed by atoms with Crippen molar-refractivity contribution in [2.24, 2.45) is 0 Å². The number of rotatable bonds is 4. The number of aliphatic hydroxyl groups excluding tert-OH is 1. The summed E-state index contributed by atoms with van der Waals surface area (Å²) in [7, 11) is 1.58. The number of anilines is 1. The first kappa shape index (κ1) is 10.5. The topological polar surface area (TPSA) is 58.6 Å². The molecule has 1 aromatic rings.